The minimum Gasteiger partial charge on any atom is -0.348 e. The Kier molecular flexibility index (Phi) is 3.39. The number of halogens is 1. The number of benzene rings is 1. The third-order valence-electron chi connectivity index (χ3n) is 4.03. The van der Waals surface area contributed by atoms with Gasteiger partial charge in [0.15, 0.2) is 4.96 Å². The van der Waals surface area contributed by atoms with Gasteiger partial charge in [0.2, 0.25) is 0 Å². The molecule has 3 aromatic rings. The fourth-order valence-corrected chi connectivity index (χ4v) is 3.64. The zero-order valence-electron chi connectivity index (χ0n) is 11.8. The number of thiazole rings is 1. The maximum atomic E-state index is 12.4. The van der Waals surface area contributed by atoms with Crippen molar-refractivity contribution in [3.8, 4) is 11.3 Å². The summed E-state index contributed by atoms with van der Waals surface area (Å²) >= 11 is 7.69. The van der Waals surface area contributed by atoms with Crippen molar-refractivity contribution in [3.05, 3.63) is 46.6 Å². The number of fused-ring (bicyclic) bond motifs is 1. The van der Waals surface area contributed by atoms with Gasteiger partial charge in [0.1, 0.15) is 5.69 Å². The third-order valence-corrected chi connectivity index (χ3v) is 5.20. The predicted octanol–water partition coefficient (Wildman–Crippen LogP) is 4.00. The Morgan fingerprint density at radius 1 is 1.36 bits per heavy atom. The van der Waals surface area contributed by atoms with E-state index in [1.807, 2.05) is 40.2 Å². The summed E-state index contributed by atoms with van der Waals surface area (Å²) < 4.78 is 1.84. The second-order valence-electron chi connectivity index (χ2n) is 5.48. The second-order valence-corrected chi connectivity index (χ2v) is 6.72. The molecular formula is C16H14ClN3OS. The van der Waals surface area contributed by atoms with E-state index in [-0.39, 0.29) is 5.91 Å². The summed E-state index contributed by atoms with van der Waals surface area (Å²) in [7, 11) is 0. The summed E-state index contributed by atoms with van der Waals surface area (Å²) in [5.74, 6) is -0.0286. The molecule has 4 nitrogen and oxygen atoms in total. The standard InChI is InChI=1S/C16H14ClN3OS/c17-12-7-2-1-6-11(12)13-8-20-14(9-22-16(20)19-13)15(21)18-10-4-3-5-10/h1-2,6-10H,3-5H2,(H,18,21). The first kappa shape index (κ1) is 13.8. The van der Waals surface area contributed by atoms with Crippen molar-refractivity contribution < 1.29 is 4.79 Å². The van der Waals surface area contributed by atoms with Gasteiger partial charge in [-0.05, 0) is 25.3 Å². The average Bonchev–Trinajstić information content (AvgIpc) is 3.03. The van der Waals surface area contributed by atoms with Crippen LogP contribution in [0.15, 0.2) is 35.8 Å². The van der Waals surface area contributed by atoms with Gasteiger partial charge in [-0.1, -0.05) is 29.8 Å². The van der Waals surface area contributed by atoms with Crippen LogP contribution in [0, 0.1) is 0 Å². The molecule has 112 valence electrons. The Hall–Kier alpha value is -1.85. The van der Waals surface area contributed by atoms with Crippen molar-refractivity contribution in [1.29, 1.82) is 0 Å². The number of nitrogens with one attached hydrogen (secondary N) is 1. The van der Waals surface area contributed by atoms with Crippen molar-refractivity contribution in [2.24, 2.45) is 0 Å². The van der Waals surface area contributed by atoms with Crippen LogP contribution in [0.2, 0.25) is 5.02 Å². The van der Waals surface area contributed by atoms with E-state index in [9.17, 15) is 4.79 Å². The van der Waals surface area contributed by atoms with Crippen LogP contribution in [0.4, 0.5) is 0 Å². The molecule has 1 aliphatic carbocycles. The lowest BCUT2D eigenvalue weighted by molar-refractivity contribution is 0.0911. The Morgan fingerprint density at radius 3 is 2.91 bits per heavy atom. The van der Waals surface area contributed by atoms with Gasteiger partial charge in [0.25, 0.3) is 5.91 Å². The molecule has 2 aromatic heterocycles. The summed E-state index contributed by atoms with van der Waals surface area (Å²) in [6, 6.07) is 7.92. The molecule has 22 heavy (non-hydrogen) atoms. The number of carbonyl (C=O) groups excluding carboxylic acids is 1. The molecule has 6 heteroatoms. The molecule has 2 heterocycles. The van der Waals surface area contributed by atoms with E-state index < -0.39 is 0 Å². The molecule has 1 saturated carbocycles. The zero-order valence-corrected chi connectivity index (χ0v) is 13.3. The van der Waals surface area contributed by atoms with E-state index in [1.165, 1.54) is 17.8 Å². The highest BCUT2D eigenvalue weighted by Crippen LogP contribution is 2.29. The molecule has 0 spiro atoms. The quantitative estimate of drug-likeness (QED) is 0.788. The van der Waals surface area contributed by atoms with Crippen LogP contribution in [-0.2, 0) is 0 Å². The Bertz CT molecular complexity index is 850. The lowest BCUT2D eigenvalue weighted by Crippen LogP contribution is -2.39. The topological polar surface area (TPSA) is 46.4 Å². The number of imidazole rings is 1. The fraction of sp³-hybridized carbons (Fsp3) is 0.250. The Balaban J connectivity index is 1.70. The summed E-state index contributed by atoms with van der Waals surface area (Å²) in [4.78, 5) is 17.7. The van der Waals surface area contributed by atoms with Crippen LogP contribution in [0.5, 0.6) is 0 Å². The normalized spacial score (nSPS) is 15.0. The first-order valence-corrected chi connectivity index (χ1v) is 8.50. The maximum absolute atomic E-state index is 12.4. The monoisotopic (exact) mass is 331 g/mol. The van der Waals surface area contributed by atoms with Crippen LogP contribution < -0.4 is 5.32 Å². The molecule has 1 amide bonds. The molecular weight excluding hydrogens is 318 g/mol. The summed E-state index contributed by atoms with van der Waals surface area (Å²) in [5.41, 5.74) is 2.30. The Morgan fingerprint density at radius 2 is 2.18 bits per heavy atom. The smallest absolute Gasteiger partial charge is 0.269 e. The molecule has 0 radical (unpaired) electrons. The van der Waals surface area contributed by atoms with Gasteiger partial charge in [-0.25, -0.2) is 4.98 Å². The number of hydrogen-bond donors (Lipinski definition) is 1. The van der Waals surface area contributed by atoms with Gasteiger partial charge in [0.05, 0.1) is 10.7 Å². The molecule has 1 fully saturated rings. The average molecular weight is 332 g/mol. The van der Waals surface area contributed by atoms with E-state index >= 15 is 0 Å². The van der Waals surface area contributed by atoms with Crippen molar-refractivity contribution >= 4 is 33.8 Å². The molecule has 1 N–H and O–H groups in total. The number of carbonyl (C=O) groups is 1. The predicted molar refractivity (Wildman–Crippen MR) is 88.6 cm³/mol. The van der Waals surface area contributed by atoms with Gasteiger partial charge in [-0.3, -0.25) is 9.20 Å². The number of hydrogen-bond acceptors (Lipinski definition) is 3. The summed E-state index contributed by atoms with van der Waals surface area (Å²) in [5, 5.41) is 5.58. The largest absolute Gasteiger partial charge is 0.348 e. The fourth-order valence-electron chi connectivity index (χ4n) is 2.56. The molecule has 0 aliphatic heterocycles. The number of aromatic nitrogens is 2. The lowest BCUT2D eigenvalue weighted by Gasteiger charge is -2.26. The van der Waals surface area contributed by atoms with Crippen LogP contribution in [0.25, 0.3) is 16.2 Å². The molecule has 0 bridgehead atoms. The summed E-state index contributed by atoms with van der Waals surface area (Å²) in [6.07, 6.45) is 5.23. The van der Waals surface area contributed by atoms with Crippen molar-refractivity contribution in [2.75, 3.05) is 0 Å². The number of rotatable bonds is 3. The molecule has 1 aliphatic rings. The van der Waals surface area contributed by atoms with Gasteiger partial charge < -0.3 is 5.32 Å². The second kappa shape index (κ2) is 5.41. The lowest BCUT2D eigenvalue weighted by atomic mass is 9.93. The molecule has 1 aromatic carbocycles. The van der Waals surface area contributed by atoms with Crippen molar-refractivity contribution in [1.82, 2.24) is 14.7 Å². The molecule has 0 unspecified atom stereocenters. The third kappa shape index (κ3) is 2.30. The van der Waals surface area contributed by atoms with Crippen LogP contribution >= 0.6 is 22.9 Å². The number of amides is 1. The number of nitrogens with zero attached hydrogens (tertiary/aromatic N) is 2. The minimum absolute atomic E-state index is 0.0286. The van der Waals surface area contributed by atoms with Gasteiger partial charge >= 0.3 is 0 Å². The van der Waals surface area contributed by atoms with Crippen molar-refractivity contribution in [2.45, 2.75) is 25.3 Å². The molecule has 0 atom stereocenters. The van der Waals surface area contributed by atoms with Gasteiger partial charge in [-0.2, -0.15) is 0 Å². The van der Waals surface area contributed by atoms with E-state index in [2.05, 4.69) is 10.3 Å². The molecule has 0 saturated heterocycles. The highest BCUT2D eigenvalue weighted by Gasteiger charge is 2.22. The van der Waals surface area contributed by atoms with Gasteiger partial charge in [-0.15, -0.1) is 11.3 Å². The highest BCUT2D eigenvalue weighted by molar-refractivity contribution is 7.15. The van der Waals surface area contributed by atoms with E-state index in [0.29, 0.717) is 16.8 Å². The van der Waals surface area contributed by atoms with E-state index in [0.717, 1.165) is 29.1 Å². The van der Waals surface area contributed by atoms with Crippen molar-refractivity contribution in [3.63, 3.8) is 0 Å². The first-order valence-electron chi connectivity index (χ1n) is 7.25. The summed E-state index contributed by atoms with van der Waals surface area (Å²) in [6.45, 7) is 0. The molecule has 4 rings (SSSR count). The van der Waals surface area contributed by atoms with E-state index in [4.69, 9.17) is 11.6 Å². The highest BCUT2D eigenvalue weighted by atomic mass is 35.5. The minimum atomic E-state index is -0.0286. The van der Waals surface area contributed by atoms with Gasteiger partial charge in [0, 0.05) is 23.2 Å². The zero-order chi connectivity index (χ0) is 15.1. The maximum Gasteiger partial charge on any atom is 0.269 e. The Labute approximate surface area is 136 Å². The van der Waals surface area contributed by atoms with E-state index in [1.54, 1.807) is 0 Å². The van der Waals surface area contributed by atoms with Crippen LogP contribution in [0.3, 0.4) is 0 Å². The van der Waals surface area contributed by atoms with Crippen LogP contribution in [0.1, 0.15) is 29.8 Å². The first-order chi connectivity index (χ1) is 10.7. The van der Waals surface area contributed by atoms with Crippen LogP contribution in [-0.4, -0.2) is 21.3 Å². The SMILES string of the molecule is O=C(NC1CCC1)c1csc2nc(-c3ccccc3Cl)cn12.